The minimum Gasteiger partial charge on any atom is -0.342 e. The summed E-state index contributed by atoms with van der Waals surface area (Å²) in [4.78, 5) is 11.7. The second kappa shape index (κ2) is 7.29. The quantitative estimate of drug-likeness (QED) is 0.688. The first-order valence-corrected chi connectivity index (χ1v) is 6.22. The summed E-state index contributed by atoms with van der Waals surface area (Å²) in [5, 5.41) is 6.22. The van der Waals surface area contributed by atoms with Crippen LogP contribution in [0.3, 0.4) is 0 Å². The smallest absolute Gasteiger partial charge is 0.221 e. The number of hydrogen-bond acceptors (Lipinski definition) is 2. The van der Waals surface area contributed by atoms with Crippen molar-refractivity contribution in [2.45, 2.75) is 45.1 Å². The molecule has 0 bridgehead atoms. The van der Waals surface area contributed by atoms with Crippen molar-refractivity contribution in [3.63, 3.8) is 0 Å². The van der Waals surface area contributed by atoms with Crippen LogP contribution in [0.5, 0.6) is 0 Å². The zero-order valence-corrected chi connectivity index (χ0v) is 10.1. The number of carbonyl (C=O) groups is 1. The minimum absolute atomic E-state index is 0.0841. The standard InChI is InChI=1S/C13H22N2O/c1-3-5-12(4-2)15-13(16)10-11-6-8-14-9-7-11/h2,11-12,14H,3,5-10H2,1H3,(H,15,16). The van der Waals surface area contributed by atoms with E-state index in [1.807, 2.05) is 0 Å². The zero-order chi connectivity index (χ0) is 11.8. The largest absolute Gasteiger partial charge is 0.342 e. The molecule has 1 aliphatic rings. The van der Waals surface area contributed by atoms with E-state index in [4.69, 9.17) is 6.42 Å². The van der Waals surface area contributed by atoms with Gasteiger partial charge in [-0.25, -0.2) is 0 Å². The maximum Gasteiger partial charge on any atom is 0.221 e. The molecule has 0 aromatic heterocycles. The van der Waals surface area contributed by atoms with E-state index >= 15 is 0 Å². The van der Waals surface area contributed by atoms with Crippen LogP contribution in [-0.4, -0.2) is 25.0 Å². The van der Waals surface area contributed by atoms with Crippen molar-refractivity contribution in [1.82, 2.24) is 10.6 Å². The van der Waals surface area contributed by atoms with Gasteiger partial charge in [-0.3, -0.25) is 4.79 Å². The van der Waals surface area contributed by atoms with Crippen molar-refractivity contribution in [3.05, 3.63) is 0 Å². The fourth-order valence-corrected chi connectivity index (χ4v) is 2.09. The van der Waals surface area contributed by atoms with E-state index in [0.29, 0.717) is 12.3 Å². The Morgan fingerprint density at radius 2 is 2.25 bits per heavy atom. The molecule has 0 aromatic carbocycles. The highest BCUT2D eigenvalue weighted by atomic mass is 16.1. The number of carbonyl (C=O) groups excluding carboxylic acids is 1. The first kappa shape index (κ1) is 13.1. The Hall–Kier alpha value is -1.01. The Labute approximate surface area is 98.4 Å². The van der Waals surface area contributed by atoms with Gasteiger partial charge in [-0.15, -0.1) is 6.42 Å². The van der Waals surface area contributed by atoms with Crippen molar-refractivity contribution in [1.29, 1.82) is 0 Å². The van der Waals surface area contributed by atoms with Crippen LogP contribution in [0.25, 0.3) is 0 Å². The van der Waals surface area contributed by atoms with Crippen molar-refractivity contribution < 1.29 is 4.79 Å². The topological polar surface area (TPSA) is 41.1 Å². The lowest BCUT2D eigenvalue weighted by atomic mass is 9.94. The second-order valence-electron chi connectivity index (χ2n) is 4.47. The first-order chi connectivity index (χ1) is 7.76. The lowest BCUT2D eigenvalue weighted by molar-refractivity contribution is -0.122. The van der Waals surface area contributed by atoms with Gasteiger partial charge in [0.25, 0.3) is 0 Å². The molecule has 1 unspecified atom stereocenters. The van der Waals surface area contributed by atoms with E-state index < -0.39 is 0 Å². The Bertz CT molecular complexity index is 251. The van der Waals surface area contributed by atoms with E-state index in [1.54, 1.807) is 0 Å². The van der Waals surface area contributed by atoms with Gasteiger partial charge < -0.3 is 10.6 Å². The number of amides is 1. The number of terminal acetylenes is 1. The Kier molecular flexibility index (Phi) is 5.95. The average molecular weight is 222 g/mol. The SMILES string of the molecule is C#CC(CCC)NC(=O)CC1CCNCC1. The van der Waals surface area contributed by atoms with Crippen LogP contribution < -0.4 is 10.6 Å². The lowest BCUT2D eigenvalue weighted by Gasteiger charge is -2.22. The fraction of sp³-hybridized carbons (Fsp3) is 0.769. The van der Waals surface area contributed by atoms with Gasteiger partial charge in [-0.05, 0) is 38.3 Å². The van der Waals surface area contributed by atoms with Gasteiger partial charge in [0.1, 0.15) is 0 Å². The average Bonchev–Trinajstić information content (AvgIpc) is 2.29. The maximum atomic E-state index is 11.7. The molecule has 3 nitrogen and oxygen atoms in total. The Morgan fingerprint density at radius 3 is 2.81 bits per heavy atom. The molecule has 1 amide bonds. The second-order valence-corrected chi connectivity index (χ2v) is 4.47. The zero-order valence-electron chi connectivity index (χ0n) is 10.1. The predicted molar refractivity (Wildman–Crippen MR) is 65.9 cm³/mol. The molecule has 3 heteroatoms. The van der Waals surface area contributed by atoms with Gasteiger partial charge in [0.2, 0.25) is 5.91 Å². The molecule has 1 fully saturated rings. The number of hydrogen-bond donors (Lipinski definition) is 2. The molecule has 0 aliphatic carbocycles. The van der Waals surface area contributed by atoms with Gasteiger partial charge >= 0.3 is 0 Å². The van der Waals surface area contributed by atoms with Crippen LogP contribution in [0.1, 0.15) is 39.0 Å². The molecule has 1 saturated heterocycles. The van der Waals surface area contributed by atoms with Crippen LogP contribution in [0.15, 0.2) is 0 Å². The molecule has 0 aromatic rings. The molecular formula is C13H22N2O. The molecule has 1 aliphatic heterocycles. The molecule has 0 radical (unpaired) electrons. The van der Waals surface area contributed by atoms with Gasteiger partial charge in [0, 0.05) is 6.42 Å². The minimum atomic E-state index is -0.0841. The van der Waals surface area contributed by atoms with Gasteiger partial charge in [-0.1, -0.05) is 19.3 Å². The predicted octanol–water partition coefficient (Wildman–Crippen LogP) is 1.29. The Balaban J connectivity index is 2.26. The van der Waals surface area contributed by atoms with E-state index in [2.05, 4.69) is 23.5 Å². The van der Waals surface area contributed by atoms with E-state index in [0.717, 1.165) is 38.8 Å². The monoisotopic (exact) mass is 222 g/mol. The van der Waals surface area contributed by atoms with E-state index in [1.165, 1.54) is 0 Å². The van der Waals surface area contributed by atoms with Crippen molar-refractivity contribution in [3.8, 4) is 12.3 Å². The number of nitrogens with one attached hydrogen (secondary N) is 2. The fourth-order valence-electron chi connectivity index (χ4n) is 2.09. The molecule has 1 heterocycles. The summed E-state index contributed by atoms with van der Waals surface area (Å²) >= 11 is 0. The molecule has 1 atom stereocenters. The summed E-state index contributed by atoms with van der Waals surface area (Å²) in [6.07, 6.45) is 10.1. The summed E-state index contributed by atoms with van der Waals surface area (Å²) in [7, 11) is 0. The third-order valence-electron chi connectivity index (χ3n) is 3.05. The normalized spacial score (nSPS) is 18.8. The van der Waals surface area contributed by atoms with Gasteiger partial charge in [-0.2, -0.15) is 0 Å². The van der Waals surface area contributed by atoms with Crippen molar-refractivity contribution in [2.75, 3.05) is 13.1 Å². The summed E-state index contributed by atoms with van der Waals surface area (Å²) in [6.45, 7) is 4.14. The Morgan fingerprint density at radius 1 is 1.56 bits per heavy atom. The van der Waals surface area contributed by atoms with Gasteiger partial charge in [0.15, 0.2) is 0 Å². The first-order valence-electron chi connectivity index (χ1n) is 6.22. The van der Waals surface area contributed by atoms with Crippen LogP contribution in [0.4, 0.5) is 0 Å². The molecule has 2 N–H and O–H groups in total. The molecule has 90 valence electrons. The molecular weight excluding hydrogens is 200 g/mol. The van der Waals surface area contributed by atoms with Crippen LogP contribution in [-0.2, 0) is 4.79 Å². The van der Waals surface area contributed by atoms with Gasteiger partial charge in [0.05, 0.1) is 6.04 Å². The summed E-state index contributed by atoms with van der Waals surface area (Å²) in [6, 6.07) is -0.0841. The molecule has 1 rings (SSSR count). The third-order valence-corrected chi connectivity index (χ3v) is 3.05. The highest BCUT2D eigenvalue weighted by Crippen LogP contribution is 2.15. The van der Waals surface area contributed by atoms with Crippen LogP contribution in [0.2, 0.25) is 0 Å². The molecule has 0 saturated carbocycles. The number of piperidine rings is 1. The van der Waals surface area contributed by atoms with Crippen LogP contribution in [0, 0.1) is 18.3 Å². The molecule has 0 spiro atoms. The highest BCUT2D eigenvalue weighted by Gasteiger charge is 2.17. The lowest BCUT2D eigenvalue weighted by Crippen LogP contribution is -2.36. The molecule has 16 heavy (non-hydrogen) atoms. The summed E-state index contributed by atoms with van der Waals surface area (Å²) in [5.41, 5.74) is 0. The highest BCUT2D eigenvalue weighted by molar-refractivity contribution is 5.76. The third kappa shape index (κ3) is 4.67. The summed E-state index contributed by atoms with van der Waals surface area (Å²) in [5.74, 6) is 3.27. The maximum absolute atomic E-state index is 11.7. The van der Waals surface area contributed by atoms with Crippen molar-refractivity contribution in [2.24, 2.45) is 5.92 Å². The summed E-state index contributed by atoms with van der Waals surface area (Å²) < 4.78 is 0. The number of rotatable bonds is 5. The van der Waals surface area contributed by atoms with Crippen molar-refractivity contribution >= 4 is 5.91 Å². The van der Waals surface area contributed by atoms with E-state index in [9.17, 15) is 4.79 Å². The van der Waals surface area contributed by atoms with E-state index in [-0.39, 0.29) is 11.9 Å². The van der Waals surface area contributed by atoms with Crippen LogP contribution >= 0.6 is 0 Å².